The van der Waals surface area contributed by atoms with Crippen molar-refractivity contribution in [1.29, 1.82) is 0 Å². The molecule has 1 atom stereocenters. The number of benzene rings is 1. The van der Waals surface area contributed by atoms with Crippen LogP contribution in [-0.4, -0.2) is 16.1 Å². The molecule has 2 N–H and O–H groups in total. The van der Waals surface area contributed by atoms with Crippen LogP contribution in [0.3, 0.4) is 0 Å². The number of para-hydroxylation sites is 1. The maximum atomic E-state index is 12.2. The van der Waals surface area contributed by atoms with Crippen molar-refractivity contribution in [3.63, 3.8) is 0 Å². The zero-order chi connectivity index (χ0) is 13.2. The molecule has 2 rings (SSSR count). The molecule has 1 unspecified atom stereocenters. The summed E-state index contributed by atoms with van der Waals surface area (Å²) in [7, 11) is 0. The van der Waals surface area contributed by atoms with Gasteiger partial charge in [0, 0.05) is 24.9 Å². The van der Waals surface area contributed by atoms with E-state index in [1.165, 1.54) is 12.4 Å². The van der Waals surface area contributed by atoms with E-state index in [1.807, 2.05) is 0 Å². The third kappa shape index (κ3) is 2.95. The second-order valence-corrected chi connectivity index (χ2v) is 4.03. The lowest BCUT2D eigenvalue weighted by molar-refractivity contribution is -0.136. The summed E-state index contributed by atoms with van der Waals surface area (Å²) < 4.78 is 36.5. The Morgan fingerprint density at radius 1 is 1.17 bits per heavy atom. The average Bonchev–Trinajstić information content (AvgIpc) is 2.34. The lowest BCUT2D eigenvalue weighted by Gasteiger charge is -2.14. The van der Waals surface area contributed by atoms with E-state index in [0.29, 0.717) is 16.6 Å². The molecular formula is C12H12F3N3. The van der Waals surface area contributed by atoms with Gasteiger partial charge in [-0.25, -0.2) is 0 Å². The lowest BCUT2D eigenvalue weighted by atomic mass is 10.0. The Bertz CT molecular complexity index is 534. The quantitative estimate of drug-likeness (QED) is 0.917. The number of nitrogens with two attached hydrogens (primary N) is 1. The predicted molar refractivity (Wildman–Crippen MR) is 61.8 cm³/mol. The Morgan fingerprint density at radius 3 is 2.61 bits per heavy atom. The van der Waals surface area contributed by atoms with E-state index in [0.717, 1.165) is 0 Å². The first-order valence-electron chi connectivity index (χ1n) is 5.49. The predicted octanol–water partition coefficient (Wildman–Crippen LogP) is 2.97. The molecule has 0 aliphatic heterocycles. The molecule has 0 saturated heterocycles. The van der Waals surface area contributed by atoms with Crippen molar-refractivity contribution in [2.75, 3.05) is 0 Å². The summed E-state index contributed by atoms with van der Waals surface area (Å²) in [5, 5.41) is 0. The van der Waals surface area contributed by atoms with Gasteiger partial charge in [0.25, 0.3) is 0 Å². The molecule has 3 nitrogen and oxygen atoms in total. The number of alkyl halides is 3. The van der Waals surface area contributed by atoms with Gasteiger partial charge in [0.15, 0.2) is 0 Å². The smallest absolute Gasteiger partial charge is 0.324 e. The molecule has 96 valence electrons. The highest BCUT2D eigenvalue weighted by Gasteiger charge is 2.28. The van der Waals surface area contributed by atoms with Gasteiger partial charge in [-0.2, -0.15) is 13.2 Å². The molecular weight excluding hydrogens is 243 g/mol. The largest absolute Gasteiger partial charge is 0.389 e. The second kappa shape index (κ2) is 4.89. The van der Waals surface area contributed by atoms with Crippen molar-refractivity contribution in [2.24, 2.45) is 5.73 Å². The van der Waals surface area contributed by atoms with Crippen molar-refractivity contribution in [2.45, 2.75) is 25.1 Å². The Morgan fingerprint density at radius 2 is 1.89 bits per heavy atom. The number of nitrogens with zero attached hydrogens (tertiary/aromatic N) is 2. The number of hydrogen-bond donors (Lipinski definition) is 1. The number of fused-ring (bicyclic) bond motifs is 1. The molecule has 0 bridgehead atoms. The van der Waals surface area contributed by atoms with Gasteiger partial charge < -0.3 is 5.73 Å². The van der Waals surface area contributed by atoms with Crippen molar-refractivity contribution in [3.05, 3.63) is 36.2 Å². The molecule has 1 aromatic heterocycles. The summed E-state index contributed by atoms with van der Waals surface area (Å²) in [6.07, 6.45) is -2.20. The Kier molecular flexibility index (Phi) is 3.47. The molecule has 0 amide bonds. The highest BCUT2D eigenvalue weighted by atomic mass is 19.4. The van der Waals surface area contributed by atoms with Crippen LogP contribution in [0.1, 0.15) is 24.4 Å². The van der Waals surface area contributed by atoms with E-state index in [-0.39, 0.29) is 6.42 Å². The molecule has 6 heteroatoms. The van der Waals surface area contributed by atoms with Crippen LogP contribution in [0.2, 0.25) is 0 Å². The number of rotatable bonds is 3. The Labute approximate surface area is 102 Å². The highest BCUT2D eigenvalue weighted by Crippen LogP contribution is 2.28. The van der Waals surface area contributed by atoms with Crippen LogP contribution in [0.25, 0.3) is 11.0 Å². The molecule has 1 heterocycles. The zero-order valence-corrected chi connectivity index (χ0v) is 9.48. The molecule has 0 radical (unpaired) electrons. The van der Waals surface area contributed by atoms with Gasteiger partial charge >= 0.3 is 6.18 Å². The molecule has 0 spiro atoms. The van der Waals surface area contributed by atoms with E-state index in [1.54, 1.807) is 18.2 Å². The summed E-state index contributed by atoms with van der Waals surface area (Å²) in [4.78, 5) is 8.22. The van der Waals surface area contributed by atoms with Crippen molar-refractivity contribution in [1.82, 2.24) is 9.97 Å². The number of hydrogen-bond acceptors (Lipinski definition) is 3. The maximum Gasteiger partial charge on any atom is 0.389 e. The fraction of sp³-hybridized carbons (Fsp3) is 0.333. The van der Waals surface area contributed by atoms with Crippen LogP contribution in [-0.2, 0) is 0 Å². The van der Waals surface area contributed by atoms with Crippen molar-refractivity contribution >= 4 is 11.0 Å². The zero-order valence-electron chi connectivity index (χ0n) is 9.48. The van der Waals surface area contributed by atoms with Crippen LogP contribution in [0, 0.1) is 0 Å². The molecule has 2 aromatic rings. The van der Waals surface area contributed by atoms with Crippen LogP contribution in [0.5, 0.6) is 0 Å². The molecule has 0 saturated carbocycles. The van der Waals surface area contributed by atoms with E-state index in [9.17, 15) is 13.2 Å². The topological polar surface area (TPSA) is 51.8 Å². The SMILES string of the molecule is NC(CCC(F)(F)F)c1cccc2nccnc12. The summed E-state index contributed by atoms with van der Waals surface area (Å²) in [6.45, 7) is 0. The number of halogens is 3. The minimum atomic E-state index is -4.19. The van der Waals surface area contributed by atoms with Gasteiger partial charge in [0.2, 0.25) is 0 Å². The molecule has 1 aromatic carbocycles. The Balaban J connectivity index is 2.25. The van der Waals surface area contributed by atoms with Crippen LogP contribution in [0.15, 0.2) is 30.6 Å². The van der Waals surface area contributed by atoms with Gasteiger partial charge in [-0.3, -0.25) is 9.97 Å². The summed E-state index contributed by atoms with van der Waals surface area (Å²) >= 11 is 0. The van der Waals surface area contributed by atoms with Crippen LogP contribution < -0.4 is 5.73 Å². The summed E-state index contributed by atoms with van der Waals surface area (Å²) in [5.74, 6) is 0. The normalized spacial score (nSPS) is 13.8. The summed E-state index contributed by atoms with van der Waals surface area (Å²) in [6, 6.07) is 4.48. The summed E-state index contributed by atoms with van der Waals surface area (Å²) in [5.41, 5.74) is 7.60. The molecule has 0 aliphatic rings. The number of aromatic nitrogens is 2. The van der Waals surface area contributed by atoms with Gasteiger partial charge in [-0.15, -0.1) is 0 Å². The first-order chi connectivity index (χ1) is 8.47. The van der Waals surface area contributed by atoms with Crippen LogP contribution in [0.4, 0.5) is 13.2 Å². The fourth-order valence-electron chi connectivity index (χ4n) is 1.79. The van der Waals surface area contributed by atoms with E-state index < -0.39 is 18.6 Å². The van der Waals surface area contributed by atoms with E-state index >= 15 is 0 Å². The lowest BCUT2D eigenvalue weighted by Crippen LogP contribution is -2.16. The third-order valence-corrected chi connectivity index (χ3v) is 2.67. The Hall–Kier alpha value is -1.69. The highest BCUT2D eigenvalue weighted by molar-refractivity contribution is 5.77. The van der Waals surface area contributed by atoms with Crippen molar-refractivity contribution < 1.29 is 13.2 Å². The second-order valence-electron chi connectivity index (χ2n) is 4.03. The third-order valence-electron chi connectivity index (χ3n) is 2.67. The standard InChI is InChI=1S/C12H12F3N3/c13-12(14,15)5-4-9(16)8-2-1-3-10-11(8)18-7-6-17-10/h1-3,6-7,9H,4-5,16H2. The first kappa shape index (κ1) is 12.8. The molecule has 0 fully saturated rings. The molecule has 0 aliphatic carbocycles. The van der Waals surface area contributed by atoms with Gasteiger partial charge in [0.1, 0.15) is 0 Å². The maximum absolute atomic E-state index is 12.2. The average molecular weight is 255 g/mol. The first-order valence-corrected chi connectivity index (χ1v) is 5.49. The van der Waals surface area contributed by atoms with E-state index in [4.69, 9.17) is 5.73 Å². The van der Waals surface area contributed by atoms with Crippen LogP contribution >= 0.6 is 0 Å². The minimum Gasteiger partial charge on any atom is -0.324 e. The van der Waals surface area contributed by atoms with Gasteiger partial charge in [-0.1, -0.05) is 12.1 Å². The van der Waals surface area contributed by atoms with Gasteiger partial charge in [-0.05, 0) is 18.1 Å². The minimum absolute atomic E-state index is 0.154. The van der Waals surface area contributed by atoms with Gasteiger partial charge in [0.05, 0.1) is 11.0 Å². The molecule has 18 heavy (non-hydrogen) atoms. The van der Waals surface area contributed by atoms with Crippen molar-refractivity contribution in [3.8, 4) is 0 Å². The van der Waals surface area contributed by atoms with E-state index in [2.05, 4.69) is 9.97 Å². The fourth-order valence-corrected chi connectivity index (χ4v) is 1.79. The monoisotopic (exact) mass is 255 g/mol.